The number of methoxy groups -OCH3 is 1. The van der Waals surface area contributed by atoms with Crippen molar-refractivity contribution in [2.75, 3.05) is 24.7 Å². The molecule has 0 fully saturated rings. The van der Waals surface area contributed by atoms with Crippen LogP contribution in [0.4, 0.5) is 11.5 Å². The number of para-hydroxylation sites is 1. The summed E-state index contributed by atoms with van der Waals surface area (Å²) in [5.41, 5.74) is 7.51. The molecular weight excluding hydrogens is 262 g/mol. The first-order valence-corrected chi connectivity index (χ1v) is 6.35. The van der Waals surface area contributed by atoms with Crippen LogP contribution in [-0.4, -0.2) is 18.6 Å². The maximum absolute atomic E-state index is 5.82. The summed E-state index contributed by atoms with van der Waals surface area (Å²) in [5, 5.41) is 3.72. The smallest absolute Gasteiger partial charge is 0.149 e. The normalized spacial score (nSPS) is 10.2. The number of nitrogens with zero attached hydrogens (tertiary/aromatic N) is 1. The van der Waals surface area contributed by atoms with E-state index >= 15 is 0 Å². The summed E-state index contributed by atoms with van der Waals surface area (Å²) in [4.78, 5) is 4.15. The van der Waals surface area contributed by atoms with Gasteiger partial charge in [0.1, 0.15) is 11.6 Å². The Morgan fingerprint density at radius 2 is 2.16 bits per heavy atom. The molecule has 100 valence electrons. The minimum atomic E-state index is 0.535. The number of benzene rings is 1. The Bertz CT molecular complexity index is 560. The highest BCUT2D eigenvalue weighted by Gasteiger charge is 2.03. The van der Waals surface area contributed by atoms with Crippen LogP contribution in [0.1, 0.15) is 5.56 Å². The van der Waals surface area contributed by atoms with E-state index in [0.717, 1.165) is 24.3 Å². The van der Waals surface area contributed by atoms with E-state index < -0.39 is 0 Å². The van der Waals surface area contributed by atoms with E-state index in [0.29, 0.717) is 16.5 Å². The number of anilines is 2. The van der Waals surface area contributed by atoms with Crippen molar-refractivity contribution < 1.29 is 4.74 Å². The van der Waals surface area contributed by atoms with E-state index in [1.807, 2.05) is 24.3 Å². The molecule has 4 nitrogen and oxygen atoms in total. The number of halogens is 1. The van der Waals surface area contributed by atoms with Crippen LogP contribution in [0.5, 0.6) is 5.75 Å². The second kappa shape index (κ2) is 6.29. The van der Waals surface area contributed by atoms with Crippen molar-refractivity contribution >= 4 is 23.1 Å². The molecule has 5 heteroatoms. The van der Waals surface area contributed by atoms with Gasteiger partial charge in [-0.15, -0.1) is 0 Å². The van der Waals surface area contributed by atoms with Crippen LogP contribution in [0.15, 0.2) is 36.5 Å². The fourth-order valence-electron chi connectivity index (χ4n) is 1.83. The van der Waals surface area contributed by atoms with Crippen LogP contribution in [0.3, 0.4) is 0 Å². The van der Waals surface area contributed by atoms with Crippen molar-refractivity contribution in [1.29, 1.82) is 0 Å². The molecule has 0 unspecified atom stereocenters. The van der Waals surface area contributed by atoms with Gasteiger partial charge in [-0.05, 0) is 24.1 Å². The van der Waals surface area contributed by atoms with Crippen molar-refractivity contribution in [2.45, 2.75) is 6.42 Å². The Kier molecular flexibility index (Phi) is 4.47. The van der Waals surface area contributed by atoms with E-state index in [9.17, 15) is 0 Å². The zero-order chi connectivity index (χ0) is 13.7. The summed E-state index contributed by atoms with van der Waals surface area (Å²) in [6.45, 7) is 0.721. The Hall–Kier alpha value is -1.94. The van der Waals surface area contributed by atoms with Gasteiger partial charge in [0.05, 0.1) is 17.8 Å². The first-order chi connectivity index (χ1) is 9.20. The number of pyridine rings is 1. The zero-order valence-electron chi connectivity index (χ0n) is 10.7. The van der Waals surface area contributed by atoms with Crippen LogP contribution < -0.4 is 15.8 Å². The lowest BCUT2D eigenvalue weighted by atomic mass is 10.1. The third kappa shape index (κ3) is 3.51. The highest BCUT2D eigenvalue weighted by Crippen LogP contribution is 2.20. The quantitative estimate of drug-likeness (QED) is 0.882. The minimum Gasteiger partial charge on any atom is -0.496 e. The number of nitrogens with two attached hydrogens (primary N) is 1. The number of hydrogen-bond acceptors (Lipinski definition) is 4. The molecule has 3 N–H and O–H groups in total. The maximum atomic E-state index is 5.82. The fraction of sp³-hybridized carbons (Fsp3) is 0.214. The monoisotopic (exact) mass is 277 g/mol. The number of nitrogens with one attached hydrogen (secondary N) is 1. The zero-order valence-corrected chi connectivity index (χ0v) is 11.4. The fourth-order valence-corrected chi connectivity index (χ4v) is 1.99. The molecule has 0 aliphatic carbocycles. The molecule has 19 heavy (non-hydrogen) atoms. The van der Waals surface area contributed by atoms with Gasteiger partial charge in [0, 0.05) is 12.7 Å². The van der Waals surface area contributed by atoms with Gasteiger partial charge in [-0.3, -0.25) is 0 Å². The first-order valence-electron chi connectivity index (χ1n) is 5.97. The SMILES string of the molecule is COc1ccccc1CCNc1ncc(Cl)cc1N. The third-order valence-electron chi connectivity index (χ3n) is 2.76. The molecule has 0 aliphatic heterocycles. The van der Waals surface area contributed by atoms with E-state index in [1.165, 1.54) is 0 Å². The molecule has 0 saturated carbocycles. The van der Waals surface area contributed by atoms with E-state index in [4.69, 9.17) is 22.1 Å². The van der Waals surface area contributed by atoms with Crippen LogP contribution >= 0.6 is 11.6 Å². The number of nitrogen functional groups attached to an aromatic ring is 1. The number of hydrogen-bond donors (Lipinski definition) is 2. The lowest BCUT2D eigenvalue weighted by Crippen LogP contribution is -2.09. The molecule has 0 amide bonds. The molecule has 0 radical (unpaired) electrons. The van der Waals surface area contributed by atoms with Crippen LogP contribution in [0.25, 0.3) is 0 Å². The first kappa shape index (κ1) is 13.5. The largest absolute Gasteiger partial charge is 0.496 e. The predicted octanol–water partition coefficient (Wildman–Crippen LogP) is 2.98. The number of ether oxygens (including phenoxy) is 1. The summed E-state index contributed by atoms with van der Waals surface area (Å²) in [5.74, 6) is 1.54. The molecule has 1 aromatic heterocycles. The summed E-state index contributed by atoms with van der Waals surface area (Å²) < 4.78 is 5.30. The topological polar surface area (TPSA) is 60.2 Å². The van der Waals surface area contributed by atoms with E-state index in [2.05, 4.69) is 10.3 Å². The average Bonchev–Trinajstić information content (AvgIpc) is 2.42. The maximum Gasteiger partial charge on any atom is 0.149 e. The van der Waals surface area contributed by atoms with E-state index in [1.54, 1.807) is 19.4 Å². The summed E-state index contributed by atoms with van der Waals surface area (Å²) in [6.07, 6.45) is 2.40. The second-order valence-corrected chi connectivity index (χ2v) is 4.52. The van der Waals surface area contributed by atoms with Gasteiger partial charge in [0.15, 0.2) is 0 Å². The second-order valence-electron chi connectivity index (χ2n) is 4.08. The molecule has 2 aromatic rings. The van der Waals surface area contributed by atoms with Crippen molar-refractivity contribution in [1.82, 2.24) is 4.98 Å². The summed E-state index contributed by atoms with van der Waals surface area (Å²) in [7, 11) is 1.67. The van der Waals surface area contributed by atoms with Gasteiger partial charge in [-0.1, -0.05) is 29.8 Å². The summed E-state index contributed by atoms with van der Waals surface area (Å²) >= 11 is 5.80. The molecule has 0 atom stereocenters. The van der Waals surface area contributed by atoms with Crippen molar-refractivity contribution in [3.05, 3.63) is 47.1 Å². The average molecular weight is 278 g/mol. The van der Waals surface area contributed by atoms with Gasteiger partial charge in [0.2, 0.25) is 0 Å². The lowest BCUT2D eigenvalue weighted by Gasteiger charge is -2.10. The van der Waals surface area contributed by atoms with Gasteiger partial charge < -0.3 is 15.8 Å². The van der Waals surface area contributed by atoms with Crippen molar-refractivity contribution in [2.24, 2.45) is 0 Å². The Morgan fingerprint density at radius 3 is 2.89 bits per heavy atom. The Morgan fingerprint density at radius 1 is 1.37 bits per heavy atom. The number of aromatic nitrogens is 1. The van der Waals surface area contributed by atoms with Crippen molar-refractivity contribution in [3.8, 4) is 5.75 Å². The number of rotatable bonds is 5. The molecule has 2 rings (SSSR count). The Balaban J connectivity index is 1.96. The van der Waals surface area contributed by atoms with Crippen LogP contribution in [0, 0.1) is 0 Å². The van der Waals surface area contributed by atoms with Gasteiger partial charge in [-0.2, -0.15) is 0 Å². The van der Waals surface area contributed by atoms with Gasteiger partial charge in [-0.25, -0.2) is 4.98 Å². The molecule has 0 saturated heterocycles. The van der Waals surface area contributed by atoms with Gasteiger partial charge in [0.25, 0.3) is 0 Å². The molecule has 0 aliphatic rings. The lowest BCUT2D eigenvalue weighted by molar-refractivity contribution is 0.410. The molecule has 0 bridgehead atoms. The molecule has 0 spiro atoms. The highest BCUT2D eigenvalue weighted by molar-refractivity contribution is 6.30. The molecule has 1 aromatic carbocycles. The standard InChI is InChI=1S/C14H16ClN3O/c1-19-13-5-3-2-4-10(13)6-7-17-14-12(16)8-11(15)9-18-14/h2-5,8-9H,6-7,16H2,1H3,(H,17,18). The van der Waals surface area contributed by atoms with Crippen LogP contribution in [-0.2, 0) is 6.42 Å². The van der Waals surface area contributed by atoms with Gasteiger partial charge >= 0.3 is 0 Å². The molecule has 1 heterocycles. The van der Waals surface area contributed by atoms with Crippen molar-refractivity contribution in [3.63, 3.8) is 0 Å². The third-order valence-corrected chi connectivity index (χ3v) is 2.97. The summed E-state index contributed by atoms with van der Waals surface area (Å²) in [6, 6.07) is 9.62. The molecular formula is C14H16ClN3O. The highest BCUT2D eigenvalue weighted by atomic mass is 35.5. The van der Waals surface area contributed by atoms with Crippen LogP contribution in [0.2, 0.25) is 5.02 Å². The minimum absolute atomic E-state index is 0.535. The Labute approximate surface area is 117 Å². The predicted molar refractivity (Wildman–Crippen MR) is 78.8 cm³/mol. The van der Waals surface area contributed by atoms with E-state index in [-0.39, 0.29) is 0 Å².